The highest BCUT2D eigenvalue weighted by Crippen LogP contribution is 2.41. The molecule has 3 aromatic rings. The Kier molecular flexibility index (Phi) is 4.88. The van der Waals surface area contributed by atoms with Crippen molar-refractivity contribution in [3.63, 3.8) is 0 Å². The number of hydrogen-bond donors (Lipinski definition) is 1. The number of carbonyl (C=O) groups is 1. The van der Waals surface area contributed by atoms with Gasteiger partial charge in [-0.3, -0.25) is 9.59 Å². The average Bonchev–Trinajstić information content (AvgIpc) is 3.64. The summed E-state index contributed by atoms with van der Waals surface area (Å²) in [4.78, 5) is 26.6. The van der Waals surface area contributed by atoms with Crippen molar-refractivity contribution in [3.8, 4) is 0 Å². The predicted molar refractivity (Wildman–Crippen MR) is 115 cm³/mol. The Balaban J connectivity index is 1.60. The number of aromatic nitrogens is 1. The van der Waals surface area contributed by atoms with Gasteiger partial charge in [-0.2, -0.15) is 0 Å². The molecule has 0 bridgehead atoms. The van der Waals surface area contributed by atoms with E-state index in [0.29, 0.717) is 29.1 Å². The van der Waals surface area contributed by atoms with Crippen LogP contribution >= 0.6 is 0 Å². The third kappa shape index (κ3) is 3.75. The first-order chi connectivity index (χ1) is 14.9. The number of rotatable bonds is 6. The van der Waals surface area contributed by atoms with Crippen LogP contribution in [0.15, 0.2) is 47.3 Å². The highest BCUT2D eigenvalue weighted by atomic mass is 19.1. The minimum absolute atomic E-state index is 0.0485. The molecule has 2 saturated carbocycles. The van der Waals surface area contributed by atoms with E-state index in [-0.39, 0.29) is 29.1 Å². The first-order valence-corrected chi connectivity index (χ1v) is 10.8. The molecular weight excluding hydrogens is 398 g/mol. The molecule has 0 spiro atoms. The third-order valence-corrected chi connectivity index (χ3v) is 6.46. The molecule has 0 saturated heterocycles. The van der Waals surface area contributed by atoms with Crippen LogP contribution in [0.25, 0.3) is 10.8 Å². The molecule has 2 fully saturated rings. The van der Waals surface area contributed by atoms with E-state index < -0.39 is 11.4 Å². The van der Waals surface area contributed by atoms with Gasteiger partial charge in [0.15, 0.2) is 0 Å². The van der Waals surface area contributed by atoms with E-state index in [0.717, 1.165) is 31.2 Å². The van der Waals surface area contributed by atoms with Crippen LogP contribution in [-0.4, -0.2) is 10.5 Å². The van der Waals surface area contributed by atoms with Gasteiger partial charge in [-0.1, -0.05) is 24.3 Å². The first-order valence-electron chi connectivity index (χ1n) is 10.8. The van der Waals surface area contributed by atoms with Crippen LogP contribution in [-0.2, 0) is 6.54 Å². The van der Waals surface area contributed by atoms with Crippen LogP contribution in [0.2, 0.25) is 0 Å². The second-order valence-corrected chi connectivity index (χ2v) is 8.83. The largest absolute Gasteiger partial charge is 0.345 e. The summed E-state index contributed by atoms with van der Waals surface area (Å²) >= 11 is 0. The SMILES string of the molecule is Cc1c(C(=O)N[C@H](c2cccc(F)c2)C2CC2)c2cccc(F)c2c(=O)n1CC1CC1. The smallest absolute Gasteiger partial charge is 0.261 e. The number of carbonyl (C=O) groups excluding carboxylic acids is 1. The molecule has 2 aliphatic rings. The van der Waals surface area contributed by atoms with Crippen molar-refractivity contribution >= 4 is 16.7 Å². The number of nitrogens with zero attached hydrogens (tertiary/aromatic N) is 1. The highest BCUT2D eigenvalue weighted by molar-refractivity contribution is 6.08. The van der Waals surface area contributed by atoms with Crippen LogP contribution in [0.1, 0.15) is 53.3 Å². The lowest BCUT2D eigenvalue weighted by Gasteiger charge is -2.22. The van der Waals surface area contributed by atoms with E-state index in [2.05, 4.69) is 5.32 Å². The predicted octanol–water partition coefficient (Wildman–Crippen LogP) is 4.88. The summed E-state index contributed by atoms with van der Waals surface area (Å²) in [6.07, 6.45) is 3.98. The Bertz CT molecular complexity index is 1240. The second-order valence-electron chi connectivity index (χ2n) is 8.83. The fourth-order valence-electron chi connectivity index (χ4n) is 4.45. The summed E-state index contributed by atoms with van der Waals surface area (Å²) in [6, 6.07) is 10.3. The van der Waals surface area contributed by atoms with Crippen molar-refractivity contribution in [2.24, 2.45) is 11.8 Å². The Morgan fingerprint density at radius 3 is 2.55 bits per heavy atom. The monoisotopic (exact) mass is 422 g/mol. The van der Waals surface area contributed by atoms with Crippen molar-refractivity contribution in [3.05, 3.63) is 81.3 Å². The van der Waals surface area contributed by atoms with Crippen molar-refractivity contribution in [1.29, 1.82) is 0 Å². The number of hydrogen-bond acceptors (Lipinski definition) is 2. The van der Waals surface area contributed by atoms with Gasteiger partial charge >= 0.3 is 0 Å². The summed E-state index contributed by atoms with van der Waals surface area (Å²) in [7, 11) is 0. The van der Waals surface area contributed by atoms with E-state index >= 15 is 0 Å². The molecule has 1 amide bonds. The zero-order valence-corrected chi connectivity index (χ0v) is 17.3. The standard InChI is InChI=1S/C25H24F2N2O2/c1-14-21(24(30)28-23(16-10-11-16)17-4-2-5-18(26)12-17)19-6-3-7-20(27)22(19)25(31)29(14)13-15-8-9-15/h2-7,12,15-16,23H,8-11,13H2,1H3,(H,28,30)/t23-/m0/s1. The van der Waals surface area contributed by atoms with Gasteiger partial charge in [0.2, 0.25) is 0 Å². The lowest BCUT2D eigenvalue weighted by Crippen LogP contribution is -2.34. The molecule has 2 aliphatic carbocycles. The Morgan fingerprint density at radius 2 is 1.87 bits per heavy atom. The molecule has 160 valence electrons. The van der Waals surface area contributed by atoms with Gasteiger partial charge in [0.1, 0.15) is 11.6 Å². The molecule has 31 heavy (non-hydrogen) atoms. The topological polar surface area (TPSA) is 51.1 Å². The normalized spacial score (nSPS) is 17.0. The molecule has 4 nitrogen and oxygen atoms in total. The van der Waals surface area contributed by atoms with E-state index in [1.54, 1.807) is 23.6 Å². The van der Waals surface area contributed by atoms with Crippen molar-refractivity contribution in [2.45, 2.75) is 45.2 Å². The molecule has 1 N–H and O–H groups in total. The fraction of sp³-hybridized carbons (Fsp3) is 0.360. The van der Waals surface area contributed by atoms with Crippen LogP contribution in [0.3, 0.4) is 0 Å². The van der Waals surface area contributed by atoms with Crippen molar-refractivity contribution in [1.82, 2.24) is 9.88 Å². The lowest BCUT2D eigenvalue weighted by molar-refractivity contribution is 0.0931. The number of fused-ring (bicyclic) bond motifs is 1. The Hall–Kier alpha value is -3.02. The molecule has 5 rings (SSSR count). The van der Waals surface area contributed by atoms with Crippen LogP contribution in [0, 0.1) is 30.4 Å². The minimum atomic E-state index is -0.620. The Labute approximate surface area is 178 Å². The van der Waals surface area contributed by atoms with Crippen molar-refractivity contribution < 1.29 is 13.6 Å². The summed E-state index contributed by atoms with van der Waals surface area (Å²) < 4.78 is 30.0. The van der Waals surface area contributed by atoms with Gasteiger partial charge < -0.3 is 9.88 Å². The zero-order chi connectivity index (χ0) is 21.7. The van der Waals surface area contributed by atoms with Crippen LogP contribution in [0.5, 0.6) is 0 Å². The van der Waals surface area contributed by atoms with Crippen LogP contribution < -0.4 is 10.9 Å². The molecule has 0 radical (unpaired) electrons. The molecule has 1 heterocycles. The minimum Gasteiger partial charge on any atom is -0.345 e. The van der Waals surface area contributed by atoms with Gasteiger partial charge in [0.25, 0.3) is 11.5 Å². The van der Waals surface area contributed by atoms with E-state index in [1.807, 2.05) is 6.07 Å². The second kappa shape index (κ2) is 7.59. The number of amides is 1. The number of pyridine rings is 1. The summed E-state index contributed by atoms with van der Waals surface area (Å²) in [5.74, 6) is -0.697. The maximum Gasteiger partial charge on any atom is 0.261 e. The highest BCUT2D eigenvalue weighted by Gasteiger charge is 2.35. The van der Waals surface area contributed by atoms with Crippen molar-refractivity contribution in [2.75, 3.05) is 0 Å². The molecule has 0 aliphatic heterocycles. The lowest BCUT2D eigenvalue weighted by atomic mass is 9.99. The first kappa shape index (κ1) is 19.9. The van der Waals surface area contributed by atoms with Gasteiger partial charge in [-0.05, 0) is 68.2 Å². The van der Waals surface area contributed by atoms with Gasteiger partial charge in [0.05, 0.1) is 17.0 Å². The van der Waals surface area contributed by atoms with Gasteiger partial charge in [-0.15, -0.1) is 0 Å². The zero-order valence-electron chi connectivity index (χ0n) is 17.3. The van der Waals surface area contributed by atoms with Crippen LogP contribution in [0.4, 0.5) is 8.78 Å². The quantitative estimate of drug-likeness (QED) is 0.616. The van der Waals surface area contributed by atoms with E-state index in [4.69, 9.17) is 0 Å². The molecule has 2 aromatic carbocycles. The summed E-state index contributed by atoms with van der Waals surface area (Å²) in [5, 5.41) is 3.34. The molecule has 6 heteroatoms. The molecule has 0 unspecified atom stereocenters. The van der Waals surface area contributed by atoms with Gasteiger partial charge in [0, 0.05) is 17.6 Å². The molecule has 1 atom stereocenters. The maximum absolute atomic E-state index is 14.7. The number of benzene rings is 2. The number of halogens is 2. The maximum atomic E-state index is 14.7. The molecular formula is C25H24F2N2O2. The summed E-state index contributed by atoms with van der Waals surface area (Å²) in [6.45, 7) is 2.24. The fourth-order valence-corrected chi connectivity index (χ4v) is 4.45. The average molecular weight is 422 g/mol. The third-order valence-electron chi connectivity index (χ3n) is 6.46. The molecule has 1 aromatic heterocycles. The van der Waals surface area contributed by atoms with E-state index in [9.17, 15) is 18.4 Å². The van der Waals surface area contributed by atoms with E-state index in [1.165, 1.54) is 24.3 Å². The number of nitrogens with one attached hydrogen (secondary N) is 1. The summed E-state index contributed by atoms with van der Waals surface area (Å²) in [5.41, 5.74) is 1.19. The van der Waals surface area contributed by atoms with Gasteiger partial charge in [-0.25, -0.2) is 8.78 Å². The Morgan fingerprint density at radius 1 is 1.13 bits per heavy atom.